The highest BCUT2D eigenvalue weighted by Crippen LogP contribution is 2.37. The minimum absolute atomic E-state index is 0.118. The fourth-order valence-corrected chi connectivity index (χ4v) is 2.72. The SMILES string of the molecule is CC(C(=O)Nc1ccccc1N1CCOCC1)C1CC1. The Morgan fingerprint density at radius 3 is 2.70 bits per heavy atom. The molecule has 1 atom stereocenters. The van der Waals surface area contributed by atoms with Crippen LogP contribution in [-0.2, 0) is 9.53 Å². The van der Waals surface area contributed by atoms with Gasteiger partial charge in [0.05, 0.1) is 24.6 Å². The van der Waals surface area contributed by atoms with E-state index in [0.29, 0.717) is 5.92 Å². The predicted octanol–water partition coefficient (Wildman–Crippen LogP) is 2.51. The lowest BCUT2D eigenvalue weighted by atomic mass is 10.1. The number of amides is 1. The number of benzene rings is 1. The summed E-state index contributed by atoms with van der Waals surface area (Å²) < 4.78 is 5.39. The smallest absolute Gasteiger partial charge is 0.227 e. The van der Waals surface area contributed by atoms with Crippen LogP contribution in [0.4, 0.5) is 11.4 Å². The van der Waals surface area contributed by atoms with Gasteiger partial charge in [-0.1, -0.05) is 19.1 Å². The topological polar surface area (TPSA) is 41.6 Å². The van der Waals surface area contributed by atoms with E-state index in [-0.39, 0.29) is 11.8 Å². The monoisotopic (exact) mass is 274 g/mol. The Hall–Kier alpha value is -1.55. The van der Waals surface area contributed by atoms with Gasteiger partial charge in [-0.15, -0.1) is 0 Å². The van der Waals surface area contributed by atoms with Crippen LogP contribution in [0, 0.1) is 11.8 Å². The number of hydrogen-bond donors (Lipinski definition) is 1. The lowest BCUT2D eigenvalue weighted by Gasteiger charge is -2.30. The van der Waals surface area contributed by atoms with Crippen molar-refractivity contribution in [2.24, 2.45) is 11.8 Å². The average Bonchev–Trinajstić information content (AvgIpc) is 3.32. The summed E-state index contributed by atoms with van der Waals surface area (Å²) in [4.78, 5) is 14.6. The molecule has 1 amide bonds. The molecule has 0 spiro atoms. The van der Waals surface area contributed by atoms with Gasteiger partial charge in [-0.25, -0.2) is 0 Å². The maximum Gasteiger partial charge on any atom is 0.227 e. The maximum absolute atomic E-state index is 12.3. The third-order valence-electron chi connectivity index (χ3n) is 4.26. The van der Waals surface area contributed by atoms with E-state index in [0.717, 1.165) is 37.7 Å². The molecule has 2 aliphatic rings. The number of carbonyl (C=O) groups is 1. The number of hydrogen-bond acceptors (Lipinski definition) is 3. The number of nitrogens with one attached hydrogen (secondary N) is 1. The molecule has 1 aromatic rings. The normalized spacial score (nSPS) is 20.6. The van der Waals surface area contributed by atoms with Crippen LogP contribution in [0.2, 0.25) is 0 Å². The first kappa shape index (κ1) is 13.4. The summed E-state index contributed by atoms with van der Waals surface area (Å²) in [6.45, 7) is 5.29. The van der Waals surface area contributed by atoms with Crippen molar-refractivity contribution < 1.29 is 9.53 Å². The van der Waals surface area contributed by atoms with Crippen molar-refractivity contribution in [3.63, 3.8) is 0 Å². The molecule has 0 radical (unpaired) electrons. The van der Waals surface area contributed by atoms with Crippen LogP contribution in [0.3, 0.4) is 0 Å². The molecule has 2 fully saturated rings. The second kappa shape index (κ2) is 5.83. The molecule has 3 rings (SSSR count). The summed E-state index contributed by atoms with van der Waals surface area (Å²) in [5, 5.41) is 3.11. The van der Waals surface area contributed by atoms with Gasteiger partial charge in [-0.05, 0) is 30.9 Å². The molecule has 0 aromatic heterocycles. The molecule has 1 unspecified atom stereocenters. The van der Waals surface area contributed by atoms with E-state index in [1.54, 1.807) is 0 Å². The Morgan fingerprint density at radius 1 is 1.30 bits per heavy atom. The van der Waals surface area contributed by atoms with Gasteiger partial charge in [-0.2, -0.15) is 0 Å². The van der Waals surface area contributed by atoms with Crippen molar-refractivity contribution in [1.29, 1.82) is 0 Å². The molecule has 1 saturated heterocycles. The maximum atomic E-state index is 12.3. The minimum atomic E-state index is 0.118. The second-order valence-corrected chi connectivity index (χ2v) is 5.73. The Morgan fingerprint density at radius 2 is 2.00 bits per heavy atom. The zero-order chi connectivity index (χ0) is 13.9. The number of para-hydroxylation sites is 2. The molecular weight excluding hydrogens is 252 g/mol. The number of ether oxygens (including phenoxy) is 1. The number of carbonyl (C=O) groups excluding carboxylic acids is 1. The van der Waals surface area contributed by atoms with Crippen LogP contribution in [0.15, 0.2) is 24.3 Å². The highest BCUT2D eigenvalue weighted by molar-refractivity contribution is 5.96. The van der Waals surface area contributed by atoms with Crippen LogP contribution >= 0.6 is 0 Å². The van der Waals surface area contributed by atoms with E-state index < -0.39 is 0 Å². The molecule has 1 N–H and O–H groups in total. The van der Waals surface area contributed by atoms with Crippen LogP contribution in [0.5, 0.6) is 0 Å². The van der Waals surface area contributed by atoms with Gasteiger partial charge in [0.15, 0.2) is 0 Å². The molecule has 0 bridgehead atoms. The van der Waals surface area contributed by atoms with Crippen molar-refractivity contribution in [2.75, 3.05) is 36.5 Å². The third-order valence-corrected chi connectivity index (χ3v) is 4.26. The number of nitrogens with zero attached hydrogens (tertiary/aromatic N) is 1. The molecule has 1 aliphatic carbocycles. The van der Waals surface area contributed by atoms with E-state index >= 15 is 0 Å². The average molecular weight is 274 g/mol. The fraction of sp³-hybridized carbons (Fsp3) is 0.562. The molecule has 1 heterocycles. The molecule has 108 valence electrons. The second-order valence-electron chi connectivity index (χ2n) is 5.73. The predicted molar refractivity (Wildman–Crippen MR) is 80.0 cm³/mol. The van der Waals surface area contributed by atoms with Crippen molar-refractivity contribution >= 4 is 17.3 Å². The molecule has 20 heavy (non-hydrogen) atoms. The van der Waals surface area contributed by atoms with Crippen molar-refractivity contribution in [2.45, 2.75) is 19.8 Å². The standard InChI is InChI=1S/C16H22N2O2/c1-12(13-6-7-13)16(19)17-14-4-2-3-5-15(14)18-8-10-20-11-9-18/h2-5,12-13H,6-11H2,1H3,(H,17,19). The summed E-state index contributed by atoms with van der Waals surface area (Å²) in [5.74, 6) is 0.853. The van der Waals surface area contributed by atoms with Gasteiger partial charge in [0.2, 0.25) is 5.91 Å². The van der Waals surface area contributed by atoms with Gasteiger partial charge in [0.25, 0.3) is 0 Å². The van der Waals surface area contributed by atoms with Gasteiger partial charge in [-0.3, -0.25) is 4.79 Å². The highest BCUT2D eigenvalue weighted by atomic mass is 16.5. The van der Waals surface area contributed by atoms with E-state index in [1.165, 1.54) is 12.8 Å². The largest absolute Gasteiger partial charge is 0.378 e. The van der Waals surface area contributed by atoms with E-state index in [9.17, 15) is 4.79 Å². The quantitative estimate of drug-likeness (QED) is 0.917. The molecule has 4 nitrogen and oxygen atoms in total. The first-order valence-corrected chi connectivity index (χ1v) is 7.48. The molecule has 1 saturated carbocycles. The molecule has 1 aromatic carbocycles. The number of rotatable bonds is 4. The van der Waals surface area contributed by atoms with E-state index in [4.69, 9.17) is 4.74 Å². The minimum Gasteiger partial charge on any atom is -0.378 e. The van der Waals surface area contributed by atoms with Crippen molar-refractivity contribution in [1.82, 2.24) is 0 Å². The summed E-state index contributed by atoms with van der Waals surface area (Å²) in [7, 11) is 0. The van der Waals surface area contributed by atoms with Gasteiger partial charge < -0.3 is 15.0 Å². The van der Waals surface area contributed by atoms with Gasteiger partial charge in [0.1, 0.15) is 0 Å². The Bertz CT molecular complexity index is 479. The lowest BCUT2D eigenvalue weighted by Crippen LogP contribution is -2.37. The first-order chi connectivity index (χ1) is 9.75. The zero-order valence-electron chi connectivity index (χ0n) is 12.0. The molecule has 1 aliphatic heterocycles. The Kier molecular flexibility index (Phi) is 3.92. The molecular formula is C16H22N2O2. The van der Waals surface area contributed by atoms with E-state index in [2.05, 4.69) is 16.3 Å². The third kappa shape index (κ3) is 2.96. The van der Waals surface area contributed by atoms with E-state index in [1.807, 2.05) is 25.1 Å². The summed E-state index contributed by atoms with van der Waals surface area (Å²) in [6.07, 6.45) is 2.39. The summed E-state index contributed by atoms with van der Waals surface area (Å²) in [6, 6.07) is 8.05. The fourth-order valence-electron chi connectivity index (χ4n) is 2.72. The van der Waals surface area contributed by atoms with Crippen LogP contribution in [0.1, 0.15) is 19.8 Å². The van der Waals surface area contributed by atoms with Crippen LogP contribution in [-0.4, -0.2) is 32.2 Å². The lowest BCUT2D eigenvalue weighted by molar-refractivity contribution is -0.119. The Balaban J connectivity index is 1.73. The molecule has 4 heteroatoms. The number of anilines is 2. The Labute approximate surface area is 120 Å². The van der Waals surface area contributed by atoms with Crippen molar-refractivity contribution in [3.8, 4) is 0 Å². The summed E-state index contributed by atoms with van der Waals surface area (Å²) >= 11 is 0. The first-order valence-electron chi connectivity index (χ1n) is 7.48. The summed E-state index contributed by atoms with van der Waals surface area (Å²) in [5.41, 5.74) is 2.03. The number of morpholine rings is 1. The highest BCUT2D eigenvalue weighted by Gasteiger charge is 2.32. The van der Waals surface area contributed by atoms with Gasteiger partial charge >= 0.3 is 0 Å². The van der Waals surface area contributed by atoms with Crippen molar-refractivity contribution in [3.05, 3.63) is 24.3 Å². The zero-order valence-corrected chi connectivity index (χ0v) is 12.0. The van der Waals surface area contributed by atoms with Crippen LogP contribution < -0.4 is 10.2 Å². The van der Waals surface area contributed by atoms with Crippen LogP contribution in [0.25, 0.3) is 0 Å². The van der Waals surface area contributed by atoms with Gasteiger partial charge in [0, 0.05) is 19.0 Å².